The summed E-state index contributed by atoms with van der Waals surface area (Å²) in [7, 11) is 1.60. The molecule has 1 heterocycles. The number of aromatic hydroxyl groups is 1. The van der Waals surface area contributed by atoms with Gasteiger partial charge in [0.25, 0.3) is 5.56 Å². The van der Waals surface area contributed by atoms with Gasteiger partial charge in [-0.1, -0.05) is 18.2 Å². The molecule has 0 bridgehead atoms. The van der Waals surface area contributed by atoms with E-state index in [-0.39, 0.29) is 18.0 Å². The van der Waals surface area contributed by atoms with Gasteiger partial charge in [-0.05, 0) is 73.7 Å². The highest BCUT2D eigenvalue weighted by Crippen LogP contribution is 2.23. The number of ether oxygens (including phenoxy) is 1. The van der Waals surface area contributed by atoms with Gasteiger partial charge in [-0.25, -0.2) is 0 Å². The fraction of sp³-hybridized carbons (Fsp3) is 0.240. The number of rotatable bonds is 6. The van der Waals surface area contributed by atoms with E-state index in [0.29, 0.717) is 17.5 Å². The number of aryl methyl sites for hydroxylation is 3. The average molecular weight is 415 g/mol. The number of pyridine rings is 1. The van der Waals surface area contributed by atoms with Gasteiger partial charge < -0.3 is 9.84 Å². The molecule has 158 valence electrons. The van der Waals surface area contributed by atoms with E-state index < -0.39 is 5.56 Å². The lowest BCUT2D eigenvalue weighted by Gasteiger charge is -2.14. The number of nitriles is 1. The zero-order valence-corrected chi connectivity index (χ0v) is 18.1. The van der Waals surface area contributed by atoms with Crippen molar-refractivity contribution in [3.8, 4) is 17.7 Å². The monoisotopic (exact) mass is 415 g/mol. The van der Waals surface area contributed by atoms with E-state index in [1.807, 2.05) is 62.4 Å². The summed E-state index contributed by atoms with van der Waals surface area (Å²) in [6.45, 7) is 5.91. The number of aromatic nitrogens is 1. The van der Waals surface area contributed by atoms with Gasteiger partial charge in [0.05, 0.1) is 18.4 Å². The Kier molecular flexibility index (Phi) is 6.56. The maximum Gasteiger partial charge on any atom is 0.271 e. The first-order valence-electron chi connectivity index (χ1n) is 9.96. The van der Waals surface area contributed by atoms with Crippen LogP contribution in [-0.2, 0) is 13.0 Å². The standard InChI is InChI=1S/C25H25N3O3/c1-16-5-8-20(13-17(16)2)27-15-23-18(3)22(14-26)24(29)28(25(23)30)12-11-19-6-9-21(31-4)10-7-19/h5-10,13,15,30H,11-12H2,1-4H3. The molecule has 0 aliphatic rings. The first kappa shape index (κ1) is 21.8. The number of hydrogen-bond acceptors (Lipinski definition) is 5. The number of aliphatic imine (C=N–C) groups is 1. The summed E-state index contributed by atoms with van der Waals surface area (Å²) < 4.78 is 6.39. The van der Waals surface area contributed by atoms with E-state index in [9.17, 15) is 15.2 Å². The minimum Gasteiger partial charge on any atom is -0.497 e. The van der Waals surface area contributed by atoms with Crippen molar-refractivity contribution < 1.29 is 9.84 Å². The van der Waals surface area contributed by atoms with Crippen molar-refractivity contribution in [1.82, 2.24) is 4.57 Å². The van der Waals surface area contributed by atoms with E-state index in [0.717, 1.165) is 28.1 Å². The fourth-order valence-corrected chi connectivity index (χ4v) is 3.31. The number of benzene rings is 2. The summed E-state index contributed by atoms with van der Waals surface area (Å²) >= 11 is 0. The minimum atomic E-state index is -0.505. The van der Waals surface area contributed by atoms with Crippen LogP contribution in [0.4, 0.5) is 5.69 Å². The van der Waals surface area contributed by atoms with Crippen LogP contribution in [0.25, 0.3) is 0 Å². The molecule has 6 nitrogen and oxygen atoms in total. The molecular weight excluding hydrogens is 390 g/mol. The van der Waals surface area contributed by atoms with Crippen LogP contribution < -0.4 is 10.3 Å². The first-order chi connectivity index (χ1) is 14.8. The second-order valence-corrected chi connectivity index (χ2v) is 7.43. The Morgan fingerprint density at radius 3 is 2.45 bits per heavy atom. The molecule has 3 aromatic rings. The van der Waals surface area contributed by atoms with Crippen LogP contribution >= 0.6 is 0 Å². The molecule has 0 aliphatic heterocycles. The second-order valence-electron chi connectivity index (χ2n) is 7.43. The van der Waals surface area contributed by atoms with Crippen LogP contribution in [-0.4, -0.2) is 23.0 Å². The van der Waals surface area contributed by atoms with Gasteiger partial charge in [0.15, 0.2) is 0 Å². The third-order valence-electron chi connectivity index (χ3n) is 5.46. The Hall–Kier alpha value is -3.85. The fourth-order valence-electron chi connectivity index (χ4n) is 3.31. The summed E-state index contributed by atoms with van der Waals surface area (Å²) in [6.07, 6.45) is 2.03. The predicted molar refractivity (Wildman–Crippen MR) is 122 cm³/mol. The lowest BCUT2D eigenvalue weighted by Crippen LogP contribution is -2.26. The summed E-state index contributed by atoms with van der Waals surface area (Å²) in [5.41, 5.74) is 4.27. The van der Waals surface area contributed by atoms with Gasteiger partial charge in [0.2, 0.25) is 5.88 Å². The smallest absolute Gasteiger partial charge is 0.271 e. The Morgan fingerprint density at radius 1 is 1.13 bits per heavy atom. The van der Waals surface area contributed by atoms with Crippen molar-refractivity contribution in [1.29, 1.82) is 5.26 Å². The van der Waals surface area contributed by atoms with Gasteiger partial charge >= 0.3 is 0 Å². The highest BCUT2D eigenvalue weighted by molar-refractivity contribution is 5.87. The van der Waals surface area contributed by atoms with Crippen molar-refractivity contribution in [2.75, 3.05) is 7.11 Å². The second kappa shape index (κ2) is 9.31. The molecule has 0 saturated heterocycles. The number of nitrogens with zero attached hydrogens (tertiary/aromatic N) is 3. The average Bonchev–Trinajstić information content (AvgIpc) is 2.76. The molecule has 0 unspecified atom stereocenters. The molecule has 0 saturated carbocycles. The molecule has 0 amide bonds. The van der Waals surface area contributed by atoms with E-state index in [1.165, 1.54) is 10.8 Å². The van der Waals surface area contributed by atoms with E-state index >= 15 is 0 Å². The maximum atomic E-state index is 12.8. The Bertz CT molecular complexity index is 1230. The normalized spacial score (nSPS) is 10.9. The van der Waals surface area contributed by atoms with Crippen LogP contribution in [0.15, 0.2) is 52.3 Å². The van der Waals surface area contributed by atoms with Crippen LogP contribution in [0, 0.1) is 32.1 Å². The molecule has 0 spiro atoms. The van der Waals surface area contributed by atoms with Gasteiger partial charge in [-0.2, -0.15) is 5.26 Å². The molecule has 0 fully saturated rings. The van der Waals surface area contributed by atoms with Crippen LogP contribution in [0.3, 0.4) is 0 Å². The van der Waals surface area contributed by atoms with Gasteiger partial charge in [0, 0.05) is 12.8 Å². The maximum absolute atomic E-state index is 12.8. The first-order valence-corrected chi connectivity index (χ1v) is 9.96. The van der Waals surface area contributed by atoms with E-state index in [2.05, 4.69) is 4.99 Å². The van der Waals surface area contributed by atoms with Crippen LogP contribution in [0.1, 0.15) is 33.4 Å². The topological polar surface area (TPSA) is 87.6 Å². The Balaban J connectivity index is 1.97. The third kappa shape index (κ3) is 4.67. The van der Waals surface area contributed by atoms with Gasteiger partial charge in [0.1, 0.15) is 17.4 Å². The summed E-state index contributed by atoms with van der Waals surface area (Å²) in [6, 6.07) is 15.3. The zero-order chi connectivity index (χ0) is 22.5. The van der Waals surface area contributed by atoms with Crippen LogP contribution in [0.5, 0.6) is 11.6 Å². The molecule has 1 aromatic heterocycles. The predicted octanol–water partition coefficient (Wildman–Crippen LogP) is 4.35. The molecule has 6 heteroatoms. The zero-order valence-electron chi connectivity index (χ0n) is 18.1. The summed E-state index contributed by atoms with van der Waals surface area (Å²) in [4.78, 5) is 17.2. The summed E-state index contributed by atoms with van der Waals surface area (Å²) in [5, 5.41) is 20.4. The molecule has 0 atom stereocenters. The van der Waals surface area contributed by atoms with Crippen molar-refractivity contribution >= 4 is 11.9 Å². The SMILES string of the molecule is COc1ccc(CCn2c(O)c(C=Nc3ccc(C)c(C)c3)c(C)c(C#N)c2=O)cc1. The minimum absolute atomic E-state index is 0.00840. The number of hydrogen-bond donors (Lipinski definition) is 1. The van der Waals surface area contributed by atoms with Gasteiger partial charge in [-0.15, -0.1) is 0 Å². The molecular formula is C25H25N3O3. The molecule has 0 aliphatic carbocycles. The van der Waals surface area contributed by atoms with Crippen LogP contribution in [0.2, 0.25) is 0 Å². The Labute approximate surface area is 181 Å². The lowest BCUT2D eigenvalue weighted by molar-refractivity contribution is 0.404. The quantitative estimate of drug-likeness (QED) is 0.606. The highest BCUT2D eigenvalue weighted by atomic mass is 16.5. The molecule has 1 N–H and O–H groups in total. The molecule has 31 heavy (non-hydrogen) atoms. The number of methoxy groups -OCH3 is 1. The van der Waals surface area contributed by atoms with Gasteiger partial charge in [-0.3, -0.25) is 14.4 Å². The third-order valence-corrected chi connectivity index (χ3v) is 5.46. The largest absolute Gasteiger partial charge is 0.497 e. The molecule has 3 rings (SSSR count). The molecule has 0 radical (unpaired) electrons. The lowest BCUT2D eigenvalue weighted by atomic mass is 10.1. The van der Waals surface area contributed by atoms with E-state index in [1.54, 1.807) is 14.0 Å². The van der Waals surface area contributed by atoms with Crippen molar-refractivity contribution in [3.63, 3.8) is 0 Å². The van der Waals surface area contributed by atoms with Crippen molar-refractivity contribution in [2.45, 2.75) is 33.7 Å². The van der Waals surface area contributed by atoms with E-state index in [4.69, 9.17) is 4.74 Å². The van der Waals surface area contributed by atoms with Crippen molar-refractivity contribution in [2.24, 2.45) is 4.99 Å². The summed E-state index contributed by atoms with van der Waals surface area (Å²) in [5.74, 6) is 0.554. The van der Waals surface area contributed by atoms with Crippen molar-refractivity contribution in [3.05, 3.63) is 86.2 Å². The highest BCUT2D eigenvalue weighted by Gasteiger charge is 2.18. The Morgan fingerprint density at radius 2 is 1.84 bits per heavy atom. The molecule has 2 aromatic carbocycles.